The van der Waals surface area contributed by atoms with Crippen LogP contribution in [-0.2, 0) is 4.79 Å². The first-order valence-electron chi connectivity index (χ1n) is 13.6. The third kappa shape index (κ3) is 6.88. The summed E-state index contributed by atoms with van der Waals surface area (Å²) in [6.45, 7) is 0. The Labute approximate surface area is 256 Å². The maximum Gasteiger partial charge on any atom is 0.277 e. The molecule has 1 N–H and O–H groups in total. The van der Waals surface area contributed by atoms with Gasteiger partial charge in [-0.15, -0.1) is 10.2 Å². The Hall–Kier alpha value is -5.61. The van der Waals surface area contributed by atoms with Gasteiger partial charge in [-0.05, 0) is 60.2 Å². The van der Waals surface area contributed by atoms with Crippen molar-refractivity contribution >= 4 is 35.2 Å². The molecule has 0 aliphatic rings. The number of aromatic nitrogens is 4. The fourth-order valence-corrected chi connectivity index (χ4v) is 4.88. The van der Waals surface area contributed by atoms with Crippen LogP contribution in [0.1, 0.15) is 15.9 Å². The molecular weight excluding hydrogens is 577 g/mol. The number of carbonyl (C=O) groups is 2. The van der Waals surface area contributed by atoms with Crippen LogP contribution in [0, 0.1) is 5.82 Å². The zero-order chi connectivity index (χ0) is 30.3. The molecule has 10 heteroatoms. The highest BCUT2D eigenvalue weighted by Crippen LogP contribution is 2.32. The molecule has 2 heterocycles. The first-order valence-corrected chi connectivity index (χ1v) is 14.6. The number of rotatable bonds is 10. The Kier molecular flexibility index (Phi) is 8.51. The summed E-state index contributed by atoms with van der Waals surface area (Å²) in [6.07, 6.45) is 4.89. The molecule has 6 aromatic rings. The summed E-state index contributed by atoms with van der Waals surface area (Å²) in [5.41, 5.74) is 4.88. The number of anilines is 1. The predicted molar refractivity (Wildman–Crippen MR) is 168 cm³/mol. The number of amides is 1. The molecule has 0 unspecified atom stereocenters. The molecule has 0 fully saturated rings. The van der Waals surface area contributed by atoms with Crippen molar-refractivity contribution in [2.24, 2.45) is 0 Å². The lowest BCUT2D eigenvalue weighted by atomic mass is 10.1. The molecule has 2 aromatic heterocycles. The Morgan fingerprint density at radius 1 is 0.864 bits per heavy atom. The molecular formula is C34H24FN5O3S. The second-order valence-electron chi connectivity index (χ2n) is 9.57. The lowest BCUT2D eigenvalue weighted by molar-refractivity contribution is -0.113. The second-order valence-corrected chi connectivity index (χ2v) is 10.5. The van der Waals surface area contributed by atoms with E-state index in [1.165, 1.54) is 18.2 Å². The highest BCUT2D eigenvalue weighted by Gasteiger charge is 2.20. The summed E-state index contributed by atoms with van der Waals surface area (Å²) >= 11 is 1.12. The lowest BCUT2D eigenvalue weighted by Crippen LogP contribution is -2.14. The topological polar surface area (TPSA) is 103 Å². The van der Waals surface area contributed by atoms with E-state index in [4.69, 9.17) is 9.52 Å². The van der Waals surface area contributed by atoms with Crippen molar-refractivity contribution in [3.05, 3.63) is 138 Å². The van der Waals surface area contributed by atoms with Crippen LogP contribution < -0.4 is 5.32 Å². The Morgan fingerprint density at radius 3 is 2.30 bits per heavy atom. The van der Waals surface area contributed by atoms with Gasteiger partial charge in [0.05, 0.1) is 17.0 Å². The molecule has 6 rings (SSSR count). The molecule has 0 aliphatic heterocycles. The number of allylic oxidation sites excluding steroid dienone is 1. The van der Waals surface area contributed by atoms with Gasteiger partial charge in [-0.25, -0.2) is 9.07 Å². The van der Waals surface area contributed by atoms with Crippen molar-refractivity contribution in [3.8, 4) is 28.4 Å². The second kappa shape index (κ2) is 13.1. The number of thioether (sulfide) groups is 1. The fourth-order valence-electron chi connectivity index (χ4n) is 4.31. The van der Waals surface area contributed by atoms with Gasteiger partial charge >= 0.3 is 0 Å². The van der Waals surface area contributed by atoms with Crippen molar-refractivity contribution in [3.63, 3.8) is 0 Å². The smallest absolute Gasteiger partial charge is 0.277 e. The van der Waals surface area contributed by atoms with Gasteiger partial charge in [0.1, 0.15) is 11.5 Å². The van der Waals surface area contributed by atoms with Crippen molar-refractivity contribution in [2.75, 3.05) is 11.1 Å². The fraction of sp³-hybridized carbons (Fsp3) is 0.0294. The van der Waals surface area contributed by atoms with Crippen LogP contribution in [0.25, 0.3) is 34.5 Å². The molecule has 4 aromatic carbocycles. The van der Waals surface area contributed by atoms with Crippen LogP contribution in [-0.4, -0.2) is 37.4 Å². The van der Waals surface area contributed by atoms with Crippen LogP contribution in [0.5, 0.6) is 0 Å². The standard InChI is InChI=1S/C34H24FN5O3S/c35-26-16-11-23(12-17-26)13-20-30(41)24-14-18-27(19-15-24)36-31(42)22-44-34-38-37-33(43-34)29-21-40(28-9-5-2-6-10-28)39-32(29)25-7-3-1-4-8-25/h1-21H,22H2,(H,36,42)/b20-13+. The predicted octanol–water partition coefficient (Wildman–Crippen LogP) is 7.36. The number of nitrogens with zero attached hydrogens (tertiary/aromatic N) is 4. The van der Waals surface area contributed by atoms with Gasteiger partial charge in [0.15, 0.2) is 5.78 Å². The van der Waals surface area contributed by atoms with Gasteiger partial charge in [0.2, 0.25) is 5.91 Å². The zero-order valence-corrected chi connectivity index (χ0v) is 23.9. The lowest BCUT2D eigenvalue weighted by Gasteiger charge is -2.05. The minimum atomic E-state index is -0.337. The number of ketones is 1. The summed E-state index contributed by atoms with van der Waals surface area (Å²) < 4.78 is 20.8. The summed E-state index contributed by atoms with van der Waals surface area (Å²) in [4.78, 5) is 25.1. The average molecular weight is 602 g/mol. The Morgan fingerprint density at radius 2 is 1.57 bits per heavy atom. The average Bonchev–Trinajstić information content (AvgIpc) is 3.72. The summed E-state index contributed by atoms with van der Waals surface area (Å²) in [5.74, 6) is -0.484. The highest BCUT2D eigenvalue weighted by atomic mass is 32.2. The maximum atomic E-state index is 13.1. The number of halogens is 1. The van der Waals surface area contributed by atoms with Crippen LogP contribution in [0.2, 0.25) is 0 Å². The zero-order valence-electron chi connectivity index (χ0n) is 23.1. The van der Waals surface area contributed by atoms with E-state index in [1.807, 2.05) is 66.9 Å². The van der Waals surface area contributed by atoms with Gasteiger partial charge < -0.3 is 9.73 Å². The van der Waals surface area contributed by atoms with Crippen LogP contribution in [0.4, 0.5) is 10.1 Å². The van der Waals surface area contributed by atoms with E-state index in [2.05, 4.69) is 15.5 Å². The third-order valence-corrected chi connectivity index (χ3v) is 7.31. The highest BCUT2D eigenvalue weighted by molar-refractivity contribution is 7.99. The molecule has 44 heavy (non-hydrogen) atoms. The molecule has 0 aliphatic carbocycles. The Bertz CT molecular complexity index is 1920. The van der Waals surface area contributed by atoms with Crippen molar-refractivity contribution in [1.29, 1.82) is 0 Å². The number of benzene rings is 4. The van der Waals surface area contributed by atoms with Gasteiger partial charge in [0.25, 0.3) is 11.1 Å². The Balaban J connectivity index is 1.08. The van der Waals surface area contributed by atoms with Crippen LogP contribution >= 0.6 is 11.8 Å². The molecule has 0 saturated carbocycles. The summed E-state index contributed by atoms with van der Waals surface area (Å²) in [7, 11) is 0. The largest absolute Gasteiger partial charge is 0.411 e. The van der Waals surface area contributed by atoms with E-state index in [0.717, 1.165) is 23.0 Å². The number of nitrogens with one attached hydrogen (secondary N) is 1. The third-order valence-electron chi connectivity index (χ3n) is 6.50. The quantitative estimate of drug-likeness (QED) is 0.0994. The van der Waals surface area contributed by atoms with E-state index in [1.54, 1.807) is 47.2 Å². The van der Waals surface area contributed by atoms with Gasteiger partial charge in [-0.1, -0.05) is 78.5 Å². The molecule has 0 bridgehead atoms. The minimum absolute atomic E-state index is 0.0392. The van der Waals surface area contributed by atoms with E-state index in [0.29, 0.717) is 34.0 Å². The normalized spacial score (nSPS) is 11.1. The van der Waals surface area contributed by atoms with E-state index < -0.39 is 0 Å². The summed E-state index contributed by atoms with van der Waals surface area (Å²) in [5, 5.41) is 16.2. The SMILES string of the molecule is O=C(CSc1nnc(-c2cn(-c3ccccc3)nc2-c2ccccc2)o1)Nc1ccc(C(=O)/C=C/c2ccc(F)cc2)cc1. The molecule has 0 saturated heterocycles. The van der Waals surface area contributed by atoms with E-state index >= 15 is 0 Å². The number of hydrogen-bond donors (Lipinski definition) is 1. The number of hydrogen-bond acceptors (Lipinski definition) is 7. The van der Waals surface area contributed by atoms with Crippen molar-refractivity contribution in [1.82, 2.24) is 20.0 Å². The van der Waals surface area contributed by atoms with Gasteiger partial charge in [0, 0.05) is 23.0 Å². The van der Waals surface area contributed by atoms with Crippen molar-refractivity contribution < 1.29 is 18.4 Å². The maximum absolute atomic E-state index is 13.1. The minimum Gasteiger partial charge on any atom is -0.411 e. The molecule has 8 nitrogen and oxygen atoms in total. The van der Waals surface area contributed by atoms with Crippen molar-refractivity contribution in [2.45, 2.75) is 5.22 Å². The van der Waals surface area contributed by atoms with Crippen LogP contribution in [0.15, 0.2) is 131 Å². The molecule has 0 atom stereocenters. The molecule has 0 spiro atoms. The van der Waals surface area contributed by atoms with Crippen LogP contribution in [0.3, 0.4) is 0 Å². The monoisotopic (exact) mass is 601 g/mol. The molecule has 1 amide bonds. The first-order chi connectivity index (χ1) is 21.5. The van der Waals surface area contributed by atoms with E-state index in [-0.39, 0.29) is 28.5 Å². The number of para-hydroxylation sites is 1. The molecule has 0 radical (unpaired) electrons. The number of carbonyl (C=O) groups excluding carboxylic acids is 2. The van der Waals surface area contributed by atoms with Gasteiger partial charge in [-0.3, -0.25) is 9.59 Å². The first kappa shape index (κ1) is 28.5. The molecule has 216 valence electrons. The summed E-state index contributed by atoms with van der Waals surface area (Å²) in [6, 6.07) is 31.9. The van der Waals surface area contributed by atoms with E-state index in [9.17, 15) is 14.0 Å². The van der Waals surface area contributed by atoms with Gasteiger partial charge in [-0.2, -0.15) is 5.10 Å².